The lowest BCUT2D eigenvalue weighted by molar-refractivity contribution is 0.209. The van der Waals surface area contributed by atoms with Gasteiger partial charge in [-0.05, 0) is 12.3 Å². The first-order valence-corrected chi connectivity index (χ1v) is 6.02. The Bertz CT molecular complexity index is 296. The lowest BCUT2D eigenvalue weighted by Gasteiger charge is -2.20. The molecule has 2 N–H and O–H groups in total. The first-order chi connectivity index (χ1) is 7.69. The van der Waals surface area contributed by atoms with Crippen molar-refractivity contribution in [2.45, 2.75) is 46.3 Å². The van der Waals surface area contributed by atoms with Gasteiger partial charge in [0, 0.05) is 25.3 Å². The fraction of sp³-hybridized carbons (Fsp3) is 0.750. The van der Waals surface area contributed by atoms with Crippen LogP contribution in [0.5, 0.6) is 0 Å². The van der Waals surface area contributed by atoms with Crippen LogP contribution in [0.1, 0.15) is 32.9 Å². The summed E-state index contributed by atoms with van der Waals surface area (Å²) < 4.78 is 2.15. The van der Waals surface area contributed by atoms with Crippen molar-refractivity contribution >= 4 is 0 Å². The molecule has 4 nitrogen and oxygen atoms in total. The number of aromatic nitrogens is 2. The molecule has 0 saturated carbocycles. The SMILES string of the molecule is CCCn1cncc1CN[C@H](CO)C(C)C. The number of aliphatic hydroxyl groups is 1. The van der Waals surface area contributed by atoms with Gasteiger partial charge in [0.25, 0.3) is 0 Å². The van der Waals surface area contributed by atoms with Crippen LogP contribution < -0.4 is 5.32 Å². The van der Waals surface area contributed by atoms with E-state index in [9.17, 15) is 5.11 Å². The second kappa shape index (κ2) is 6.66. The predicted molar refractivity (Wildman–Crippen MR) is 65.1 cm³/mol. The number of nitrogens with one attached hydrogen (secondary N) is 1. The zero-order valence-corrected chi connectivity index (χ0v) is 10.5. The lowest BCUT2D eigenvalue weighted by atomic mass is 10.1. The molecule has 0 aliphatic rings. The number of imidazole rings is 1. The molecule has 0 unspecified atom stereocenters. The maximum atomic E-state index is 9.21. The van der Waals surface area contributed by atoms with Crippen LogP contribution in [-0.4, -0.2) is 27.3 Å². The molecular weight excluding hydrogens is 202 g/mol. The van der Waals surface area contributed by atoms with Crippen LogP contribution in [0.25, 0.3) is 0 Å². The minimum absolute atomic E-state index is 0.157. The second-order valence-electron chi connectivity index (χ2n) is 4.49. The molecule has 1 rings (SSSR count). The van der Waals surface area contributed by atoms with Gasteiger partial charge in [0.15, 0.2) is 0 Å². The highest BCUT2D eigenvalue weighted by Gasteiger charge is 2.12. The number of rotatable bonds is 7. The Morgan fingerprint density at radius 2 is 2.25 bits per heavy atom. The number of hydrogen-bond donors (Lipinski definition) is 2. The molecule has 1 aromatic heterocycles. The van der Waals surface area contributed by atoms with Crippen molar-refractivity contribution in [2.75, 3.05) is 6.61 Å². The molecule has 0 aliphatic heterocycles. The van der Waals surface area contributed by atoms with Gasteiger partial charge in [0.05, 0.1) is 18.6 Å². The first-order valence-electron chi connectivity index (χ1n) is 6.02. The summed E-state index contributed by atoms with van der Waals surface area (Å²) in [6.07, 6.45) is 4.86. The van der Waals surface area contributed by atoms with Crippen LogP contribution in [0, 0.1) is 5.92 Å². The van der Waals surface area contributed by atoms with Crippen LogP contribution in [0.3, 0.4) is 0 Å². The van der Waals surface area contributed by atoms with E-state index in [1.54, 1.807) is 0 Å². The summed E-state index contributed by atoms with van der Waals surface area (Å²) in [5.41, 5.74) is 1.18. The van der Waals surface area contributed by atoms with Gasteiger partial charge in [0.1, 0.15) is 0 Å². The third-order valence-electron chi connectivity index (χ3n) is 2.81. The van der Waals surface area contributed by atoms with E-state index in [-0.39, 0.29) is 12.6 Å². The van der Waals surface area contributed by atoms with Crippen molar-refractivity contribution < 1.29 is 5.11 Å². The molecule has 0 fully saturated rings. The largest absolute Gasteiger partial charge is 0.395 e. The van der Waals surface area contributed by atoms with E-state index in [0.717, 1.165) is 19.5 Å². The van der Waals surface area contributed by atoms with Gasteiger partial charge in [-0.2, -0.15) is 0 Å². The summed E-state index contributed by atoms with van der Waals surface area (Å²) >= 11 is 0. The fourth-order valence-electron chi connectivity index (χ4n) is 1.68. The standard InChI is InChI=1S/C12H23N3O/c1-4-5-15-9-13-6-11(15)7-14-12(8-16)10(2)3/h6,9-10,12,14,16H,4-5,7-8H2,1-3H3/t12-/m1/s1. The third-order valence-corrected chi connectivity index (χ3v) is 2.81. The highest BCUT2D eigenvalue weighted by molar-refractivity contribution is 4.98. The topological polar surface area (TPSA) is 50.1 Å². The highest BCUT2D eigenvalue weighted by Crippen LogP contribution is 2.04. The molecule has 1 atom stereocenters. The van der Waals surface area contributed by atoms with Crippen LogP contribution >= 0.6 is 0 Å². The zero-order chi connectivity index (χ0) is 12.0. The molecule has 0 aromatic carbocycles. The second-order valence-corrected chi connectivity index (χ2v) is 4.49. The number of aryl methyl sites for hydroxylation is 1. The number of nitrogens with zero attached hydrogens (tertiary/aromatic N) is 2. The Labute approximate surface area is 97.7 Å². The van der Waals surface area contributed by atoms with Crippen LogP contribution in [-0.2, 0) is 13.1 Å². The Balaban J connectivity index is 2.49. The Kier molecular flexibility index (Phi) is 5.49. The Hall–Kier alpha value is -0.870. The van der Waals surface area contributed by atoms with Gasteiger partial charge >= 0.3 is 0 Å². The van der Waals surface area contributed by atoms with Crippen molar-refractivity contribution in [3.8, 4) is 0 Å². The maximum Gasteiger partial charge on any atom is 0.0948 e. The smallest absolute Gasteiger partial charge is 0.0948 e. The summed E-state index contributed by atoms with van der Waals surface area (Å²) in [6.45, 7) is 8.32. The normalized spacial score (nSPS) is 13.3. The monoisotopic (exact) mass is 225 g/mol. The molecule has 0 saturated heterocycles. The third kappa shape index (κ3) is 3.61. The van der Waals surface area contributed by atoms with Gasteiger partial charge in [0.2, 0.25) is 0 Å². The van der Waals surface area contributed by atoms with Crippen molar-refractivity contribution in [1.82, 2.24) is 14.9 Å². The summed E-state index contributed by atoms with van der Waals surface area (Å²) in [5.74, 6) is 0.438. The quantitative estimate of drug-likeness (QED) is 0.737. The molecule has 0 aliphatic carbocycles. The number of aliphatic hydroxyl groups excluding tert-OH is 1. The van der Waals surface area contributed by atoms with E-state index >= 15 is 0 Å². The molecule has 0 bridgehead atoms. The molecule has 4 heteroatoms. The Morgan fingerprint density at radius 3 is 2.81 bits per heavy atom. The van der Waals surface area contributed by atoms with Gasteiger partial charge < -0.3 is 15.0 Å². The molecule has 16 heavy (non-hydrogen) atoms. The molecule has 1 aromatic rings. The van der Waals surface area contributed by atoms with Gasteiger partial charge in [-0.15, -0.1) is 0 Å². The van der Waals surface area contributed by atoms with Gasteiger partial charge in [-0.3, -0.25) is 0 Å². The minimum atomic E-state index is 0.157. The lowest BCUT2D eigenvalue weighted by Crippen LogP contribution is -2.37. The van der Waals surface area contributed by atoms with Crippen molar-refractivity contribution in [1.29, 1.82) is 0 Å². The van der Waals surface area contributed by atoms with Crippen molar-refractivity contribution in [3.63, 3.8) is 0 Å². The summed E-state index contributed by atoms with van der Waals surface area (Å²) in [7, 11) is 0. The maximum absolute atomic E-state index is 9.21. The van der Waals surface area contributed by atoms with E-state index in [4.69, 9.17) is 0 Å². The van der Waals surface area contributed by atoms with E-state index in [0.29, 0.717) is 5.92 Å². The Morgan fingerprint density at radius 1 is 1.50 bits per heavy atom. The van der Waals surface area contributed by atoms with Crippen LogP contribution in [0.2, 0.25) is 0 Å². The molecule has 0 amide bonds. The minimum Gasteiger partial charge on any atom is -0.395 e. The summed E-state index contributed by atoms with van der Waals surface area (Å²) in [4.78, 5) is 4.15. The molecular formula is C12H23N3O. The molecule has 1 heterocycles. The molecule has 0 spiro atoms. The first kappa shape index (κ1) is 13.2. The van der Waals surface area contributed by atoms with Crippen molar-refractivity contribution in [2.24, 2.45) is 5.92 Å². The van der Waals surface area contributed by atoms with Crippen LogP contribution in [0.4, 0.5) is 0 Å². The zero-order valence-electron chi connectivity index (χ0n) is 10.5. The van der Waals surface area contributed by atoms with Crippen LogP contribution in [0.15, 0.2) is 12.5 Å². The van der Waals surface area contributed by atoms with Gasteiger partial charge in [-0.25, -0.2) is 4.98 Å². The molecule has 92 valence electrons. The summed E-state index contributed by atoms with van der Waals surface area (Å²) in [5, 5.41) is 12.6. The van der Waals surface area contributed by atoms with E-state index in [1.807, 2.05) is 12.5 Å². The molecule has 0 radical (unpaired) electrons. The predicted octanol–water partition coefficient (Wildman–Crippen LogP) is 1.40. The highest BCUT2D eigenvalue weighted by atomic mass is 16.3. The average Bonchev–Trinajstić information content (AvgIpc) is 2.67. The van der Waals surface area contributed by atoms with Crippen molar-refractivity contribution in [3.05, 3.63) is 18.2 Å². The van der Waals surface area contributed by atoms with Gasteiger partial charge in [-0.1, -0.05) is 20.8 Å². The fourth-order valence-corrected chi connectivity index (χ4v) is 1.68. The van der Waals surface area contributed by atoms with E-state index in [2.05, 4.69) is 35.6 Å². The van der Waals surface area contributed by atoms with E-state index < -0.39 is 0 Å². The summed E-state index contributed by atoms with van der Waals surface area (Å²) in [6, 6.07) is 0.157. The van der Waals surface area contributed by atoms with E-state index in [1.165, 1.54) is 5.69 Å². The average molecular weight is 225 g/mol. The number of hydrogen-bond acceptors (Lipinski definition) is 3.